The first-order chi connectivity index (χ1) is 15.4. The van der Waals surface area contributed by atoms with Crippen molar-refractivity contribution in [3.05, 3.63) is 63.1 Å². The third-order valence-corrected chi connectivity index (χ3v) is 4.74. The molecule has 1 aromatic heterocycles. The van der Waals surface area contributed by atoms with Crippen molar-refractivity contribution >= 4 is 17.7 Å². The molecule has 12 nitrogen and oxygen atoms in total. The number of nitrogens with one attached hydrogen (secondary N) is 2. The third-order valence-electron chi connectivity index (χ3n) is 4.74. The molecule has 1 aliphatic heterocycles. The van der Waals surface area contributed by atoms with Gasteiger partial charge in [0.2, 0.25) is 0 Å². The lowest BCUT2D eigenvalue weighted by atomic mass is 9.93. The van der Waals surface area contributed by atoms with Crippen LogP contribution in [0.15, 0.2) is 41.9 Å². The van der Waals surface area contributed by atoms with Crippen molar-refractivity contribution in [1.29, 1.82) is 0 Å². The molecule has 0 bridgehead atoms. The Morgan fingerprint density at radius 2 is 2.12 bits per heavy atom. The maximum absolute atomic E-state index is 12.9. The summed E-state index contributed by atoms with van der Waals surface area (Å²) in [6, 6.07) is 3.85. The van der Waals surface area contributed by atoms with Gasteiger partial charge in [0, 0.05) is 12.7 Å². The van der Waals surface area contributed by atoms with E-state index in [9.17, 15) is 19.7 Å². The molecule has 32 heavy (non-hydrogen) atoms. The summed E-state index contributed by atoms with van der Waals surface area (Å²) < 4.78 is 17.1. The average molecular weight is 445 g/mol. The summed E-state index contributed by atoms with van der Waals surface area (Å²) in [6.45, 7) is 1.98. The van der Waals surface area contributed by atoms with E-state index >= 15 is 0 Å². The Morgan fingerprint density at radius 1 is 1.34 bits per heavy atom. The largest absolute Gasteiger partial charge is 0.496 e. The molecule has 0 spiro atoms. The molecule has 170 valence electrons. The van der Waals surface area contributed by atoms with Gasteiger partial charge >= 0.3 is 17.7 Å². The van der Waals surface area contributed by atoms with Gasteiger partial charge in [0.1, 0.15) is 18.1 Å². The van der Waals surface area contributed by atoms with Crippen molar-refractivity contribution in [2.45, 2.75) is 26.1 Å². The van der Waals surface area contributed by atoms with E-state index in [0.717, 1.165) is 11.8 Å². The Morgan fingerprint density at radius 3 is 2.75 bits per heavy atom. The van der Waals surface area contributed by atoms with E-state index in [0.29, 0.717) is 11.3 Å². The van der Waals surface area contributed by atoms with Gasteiger partial charge in [-0.25, -0.2) is 9.59 Å². The maximum Gasteiger partial charge on any atom is 0.338 e. The first kappa shape index (κ1) is 22.7. The fourth-order valence-electron chi connectivity index (χ4n) is 3.38. The zero-order chi connectivity index (χ0) is 23.3. The maximum atomic E-state index is 12.9. The lowest BCUT2D eigenvalue weighted by Crippen LogP contribution is -2.47. The Labute approximate surface area is 183 Å². The van der Waals surface area contributed by atoms with Crippen molar-refractivity contribution in [1.82, 2.24) is 20.4 Å². The highest BCUT2D eigenvalue weighted by molar-refractivity contribution is 5.95. The molecule has 0 aliphatic carbocycles. The quantitative estimate of drug-likeness (QED) is 0.337. The van der Waals surface area contributed by atoms with Gasteiger partial charge in [0.15, 0.2) is 0 Å². The number of hydrogen-bond acceptors (Lipinski definition) is 8. The van der Waals surface area contributed by atoms with Crippen LogP contribution in [0.1, 0.15) is 24.1 Å². The normalized spacial score (nSPS) is 15.7. The van der Waals surface area contributed by atoms with E-state index in [4.69, 9.17) is 14.2 Å². The monoisotopic (exact) mass is 445 g/mol. The number of aromatic nitrogens is 2. The van der Waals surface area contributed by atoms with Crippen LogP contribution in [-0.2, 0) is 27.4 Å². The lowest BCUT2D eigenvalue weighted by Gasteiger charge is -2.29. The van der Waals surface area contributed by atoms with Gasteiger partial charge in [0.25, 0.3) is 0 Å². The predicted octanol–water partition coefficient (Wildman–Crippen LogP) is 1.82. The number of carbonyl (C=O) groups excluding carboxylic acids is 2. The Balaban J connectivity index is 2.07. The van der Waals surface area contributed by atoms with E-state index < -0.39 is 23.0 Å². The molecule has 2 aromatic rings. The number of carbonyl (C=O) groups is 2. The second-order valence-corrected chi connectivity index (χ2v) is 6.80. The number of nitrogens with zero attached hydrogens (tertiary/aromatic N) is 3. The van der Waals surface area contributed by atoms with Crippen molar-refractivity contribution in [2.24, 2.45) is 0 Å². The van der Waals surface area contributed by atoms with E-state index in [1.807, 2.05) is 0 Å². The smallest absolute Gasteiger partial charge is 0.338 e. The molecule has 0 radical (unpaired) electrons. The molecule has 1 aliphatic rings. The van der Waals surface area contributed by atoms with Gasteiger partial charge in [-0.3, -0.25) is 14.8 Å². The van der Waals surface area contributed by atoms with Gasteiger partial charge in [-0.05, 0) is 24.6 Å². The molecule has 2 heterocycles. The van der Waals surface area contributed by atoms with Crippen molar-refractivity contribution in [3.8, 4) is 5.75 Å². The minimum absolute atomic E-state index is 0.0764. The Kier molecular flexibility index (Phi) is 7.05. The minimum Gasteiger partial charge on any atom is -0.496 e. The number of amides is 2. The SMILES string of the molecule is CCOC(=O)C1=C(Cn2cc([N+](=O)[O-])cn2)NC(=O)NC1c1ccc(OC)c(COC)c1. The zero-order valence-corrected chi connectivity index (χ0v) is 17.8. The van der Waals surface area contributed by atoms with Gasteiger partial charge in [-0.2, -0.15) is 5.10 Å². The highest BCUT2D eigenvalue weighted by Crippen LogP contribution is 2.32. The Hall–Kier alpha value is -3.93. The highest BCUT2D eigenvalue weighted by Gasteiger charge is 2.34. The lowest BCUT2D eigenvalue weighted by molar-refractivity contribution is -0.385. The van der Waals surface area contributed by atoms with Crippen LogP contribution in [-0.4, -0.2) is 47.5 Å². The number of methoxy groups -OCH3 is 2. The summed E-state index contributed by atoms with van der Waals surface area (Å²) in [6.07, 6.45) is 2.30. The Bertz CT molecular complexity index is 1060. The molecular weight excluding hydrogens is 422 g/mol. The number of rotatable bonds is 9. The zero-order valence-electron chi connectivity index (χ0n) is 17.8. The van der Waals surface area contributed by atoms with E-state index in [1.54, 1.807) is 32.2 Å². The second-order valence-electron chi connectivity index (χ2n) is 6.80. The van der Waals surface area contributed by atoms with E-state index in [1.165, 1.54) is 18.0 Å². The number of benzene rings is 1. The first-order valence-corrected chi connectivity index (χ1v) is 9.68. The molecule has 1 atom stereocenters. The molecule has 2 N–H and O–H groups in total. The number of urea groups is 1. The number of hydrogen-bond donors (Lipinski definition) is 2. The molecule has 0 fully saturated rings. The minimum atomic E-state index is -0.829. The first-order valence-electron chi connectivity index (χ1n) is 9.68. The topological polar surface area (TPSA) is 147 Å². The number of esters is 1. The summed E-state index contributed by atoms with van der Waals surface area (Å²) in [5, 5.41) is 20.2. The molecule has 12 heteroatoms. The summed E-state index contributed by atoms with van der Waals surface area (Å²) in [5.74, 6) is -0.0348. The molecule has 3 rings (SSSR count). The van der Waals surface area contributed by atoms with Crippen LogP contribution in [0.5, 0.6) is 5.75 Å². The molecular formula is C20H23N5O7. The van der Waals surface area contributed by atoms with Gasteiger partial charge in [-0.15, -0.1) is 0 Å². The van der Waals surface area contributed by atoms with Crippen LogP contribution in [0, 0.1) is 10.1 Å². The van der Waals surface area contributed by atoms with Crippen molar-refractivity contribution in [3.63, 3.8) is 0 Å². The van der Waals surface area contributed by atoms with Crippen LogP contribution >= 0.6 is 0 Å². The summed E-state index contributed by atoms with van der Waals surface area (Å²) in [5.41, 5.74) is 1.52. The van der Waals surface area contributed by atoms with E-state index in [-0.39, 0.29) is 36.7 Å². The molecule has 0 saturated carbocycles. The van der Waals surface area contributed by atoms with Crippen LogP contribution in [0.25, 0.3) is 0 Å². The number of nitro groups is 1. The van der Waals surface area contributed by atoms with Crippen molar-refractivity contribution < 1.29 is 28.7 Å². The highest BCUT2D eigenvalue weighted by atomic mass is 16.6. The van der Waals surface area contributed by atoms with Gasteiger partial charge in [-0.1, -0.05) is 6.07 Å². The van der Waals surface area contributed by atoms with Crippen LogP contribution in [0.2, 0.25) is 0 Å². The molecule has 1 unspecified atom stereocenters. The van der Waals surface area contributed by atoms with Crippen molar-refractivity contribution in [2.75, 3.05) is 20.8 Å². The van der Waals surface area contributed by atoms with Crippen LogP contribution in [0.4, 0.5) is 10.5 Å². The standard InChI is InChI=1S/C20H23N5O7/c1-4-32-19(26)17-15(10-24-9-14(8-21-24)25(28)29)22-20(27)23-18(17)12-5-6-16(31-3)13(7-12)11-30-2/h5-9,18H,4,10-11H2,1-3H3,(H2,22,23,27). The molecule has 0 saturated heterocycles. The number of ether oxygens (including phenoxy) is 3. The fourth-order valence-corrected chi connectivity index (χ4v) is 3.38. The van der Waals surface area contributed by atoms with Gasteiger partial charge in [0.05, 0.1) is 49.1 Å². The summed E-state index contributed by atoms with van der Waals surface area (Å²) in [4.78, 5) is 35.7. The number of allylic oxidation sites excluding steroid dienone is 1. The molecule has 2 amide bonds. The molecule has 1 aromatic carbocycles. The second kappa shape index (κ2) is 9.92. The van der Waals surface area contributed by atoms with Crippen LogP contribution in [0.3, 0.4) is 0 Å². The predicted molar refractivity (Wildman–Crippen MR) is 111 cm³/mol. The third kappa shape index (κ3) is 4.86. The summed E-state index contributed by atoms with van der Waals surface area (Å²) in [7, 11) is 3.08. The van der Waals surface area contributed by atoms with Crippen LogP contribution < -0.4 is 15.4 Å². The van der Waals surface area contributed by atoms with Gasteiger partial charge < -0.3 is 24.8 Å². The summed E-state index contributed by atoms with van der Waals surface area (Å²) >= 11 is 0. The fraction of sp³-hybridized carbons (Fsp3) is 0.350. The average Bonchev–Trinajstić information content (AvgIpc) is 3.22. The van der Waals surface area contributed by atoms with E-state index in [2.05, 4.69) is 15.7 Å².